The molecule has 0 radical (unpaired) electrons. The molecule has 2 heterocycles. The molecule has 0 unspecified atom stereocenters. The summed E-state index contributed by atoms with van der Waals surface area (Å²) in [5.74, 6) is 1.38. The topological polar surface area (TPSA) is 50.7 Å². The molecule has 0 bridgehead atoms. The van der Waals surface area contributed by atoms with Crippen LogP contribution in [0.2, 0.25) is 4.34 Å². The number of thiazole rings is 1. The molecule has 0 spiro atoms. The van der Waals surface area contributed by atoms with E-state index >= 15 is 0 Å². The summed E-state index contributed by atoms with van der Waals surface area (Å²) in [6.07, 6.45) is 1.59. The lowest BCUT2D eigenvalue weighted by Crippen LogP contribution is -1.96. The van der Waals surface area contributed by atoms with Gasteiger partial charge in [0.25, 0.3) is 0 Å². The van der Waals surface area contributed by atoms with E-state index in [1.807, 2.05) is 6.92 Å². The largest absolute Gasteiger partial charge is 0.316 e. The van der Waals surface area contributed by atoms with Crippen LogP contribution in [0.4, 0.5) is 10.9 Å². The van der Waals surface area contributed by atoms with Crippen LogP contribution in [0.3, 0.4) is 0 Å². The van der Waals surface area contributed by atoms with Crippen LogP contribution in [-0.2, 0) is 0 Å². The maximum atomic E-state index is 5.76. The fourth-order valence-electron chi connectivity index (χ4n) is 1.02. The fourth-order valence-corrected chi connectivity index (χ4v) is 2.31. The highest BCUT2D eigenvalue weighted by Gasteiger charge is 2.03. The second-order valence-corrected chi connectivity index (χ2v) is 5.19. The number of hydrogen-bond acceptors (Lipinski definition) is 5. The van der Waals surface area contributed by atoms with Crippen molar-refractivity contribution in [3.8, 4) is 0 Å². The Labute approximate surface area is 104 Å². The first-order valence-electron chi connectivity index (χ1n) is 4.03. The van der Waals surface area contributed by atoms with Gasteiger partial charge in [0.2, 0.25) is 0 Å². The van der Waals surface area contributed by atoms with Crippen molar-refractivity contribution in [1.82, 2.24) is 15.0 Å². The van der Waals surface area contributed by atoms with E-state index in [0.29, 0.717) is 21.1 Å². The quantitative estimate of drug-likeness (QED) is 0.864. The van der Waals surface area contributed by atoms with Gasteiger partial charge in [-0.2, -0.15) is 0 Å². The van der Waals surface area contributed by atoms with Crippen molar-refractivity contribution in [2.45, 2.75) is 6.92 Å². The Morgan fingerprint density at radius 2 is 2.27 bits per heavy atom. The zero-order chi connectivity index (χ0) is 10.8. The van der Waals surface area contributed by atoms with Gasteiger partial charge in [0.1, 0.15) is 20.6 Å². The monoisotopic (exact) mass is 304 g/mol. The molecule has 15 heavy (non-hydrogen) atoms. The summed E-state index contributed by atoms with van der Waals surface area (Å²) in [7, 11) is 0. The fraction of sp³-hybridized carbons (Fsp3) is 0.125. The SMILES string of the molecule is Cc1nc(Br)cc(Nc2ncc(Cl)s2)n1. The summed E-state index contributed by atoms with van der Waals surface area (Å²) in [4.78, 5) is 12.4. The Morgan fingerprint density at radius 3 is 2.87 bits per heavy atom. The van der Waals surface area contributed by atoms with Crippen LogP contribution < -0.4 is 5.32 Å². The minimum Gasteiger partial charge on any atom is -0.316 e. The van der Waals surface area contributed by atoms with Gasteiger partial charge in [-0.3, -0.25) is 0 Å². The Hall–Kier alpha value is -0.720. The maximum absolute atomic E-state index is 5.76. The Kier molecular flexibility index (Phi) is 3.18. The van der Waals surface area contributed by atoms with Gasteiger partial charge in [-0.25, -0.2) is 15.0 Å². The molecule has 2 aromatic rings. The van der Waals surface area contributed by atoms with Crippen molar-refractivity contribution < 1.29 is 0 Å². The molecule has 0 aromatic carbocycles. The van der Waals surface area contributed by atoms with Crippen LogP contribution in [0.5, 0.6) is 0 Å². The minimum atomic E-state index is 0.641. The molecule has 2 aromatic heterocycles. The van der Waals surface area contributed by atoms with Crippen molar-refractivity contribution in [2.75, 3.05) is 5.32 Å². The molecule has 4 nitrogen and oxygen atoms in total. The zero-order valence-corrected chi connectivity index (χ0v) is 10.8. The van der Waals surface area contributed by atoms with Gasteiger partial charge in [0.05, 0.1) is 6.20 Å². The third-order valence-corrected chi connectivity index (χ3v) is 2.96. The molecular formula is C8H6BrClN4S. The van der Waals surface area contributed by atoms with E-state index in [4.69, 9.17) is 11.6 Å². The molecule has 1 N–H and O–H groups in total. The second-order valence-electron chi connectivity index (χ2n) is 2.72. The highest BCUT2D eigenvalue weighted by Crippen LogP contribution is 2.25. The van der Waals surface area contributed by atoms with Gasteiger partial charge >= 0.3 is 0 Å². The third-order valence-electron chi connectivity index (χ3n) is 1.52. The summed E-state index contributed by atoms with van der Waals surface area (Å²) in [6, 6.07) is 1.78. The third kappa shape index (κ3) is 2.87. The van der Waals surface area contributed by atoms with E-state index in [9.17, 15) is 0 Å². The lowest BCUT2D eigenvalue weighted by atomic mass is 10.5. The lowest BCUT2D eigenvalue weighted by molar-refractivity contribution is 1.04. The van der Waals surface area contributed by atoms with Crippen molar-refractivity contribution in [3.05, 3.63) is 27.0 Å². The summed E-state index contributed by atoms with van der Waals surface area (Å²) in [6.45, 7) is 1.82. The first kappa shape index (κ1) is 10.8. The summed E-state index contributed by atoms with van der Waals surface area (Å²) in [5, 5.41) is 3.76. The maximum Gasteiger partial charge on any atom is 0.189 e. The molecule has 0 saturated heterocycles. The Morgan fingerprint density at radius 1 is 1.47 bits per heavy atom. The van der Waals surface area contributed by atoms with E-state index in [1.165, 1.54) is 11.3 Å². The molecule has 78 valence electrons. The highest BCUT2D eigenvalue weighted by molar-refractivity contribution is 9.10. The molecule has 0 aliphatic carbocycles. The first-order valence-corrected chi connectivity index (χ1v) is 6.02. The predicted molar refractivity (Wildman–Crippen MR) is 64.9 cm³/mol. The number of nitrogens with one attached hydrogen (secondary N) is 1. The highest BCUT2D eigenvalue weighted by atomic mass is 79.9. The molecular weight excluding hydrogens is 300 g/mol. The van der Waals surface area contributed by atoms with Gasteiger partial charge < -0.3 is 5.32 Å². The lowest BCUT2D eigenvalue weighted by Gasteiger charge is -2.02. The molecule has 0 aliphatic rings. The number of aromatic nitrogens is 3. The molecule has 0 atom stereocenters. The average molecular weight is 306 g/mol. The van der Waals surface area contributed by atoms with E-state index < -0.39 is 0 Å². The summed E-state index contributed by atoms with van der Waals surface area (Å²) < 4.78 is 1.38. The van der Waals surface area contributed by atoms with Crippen LogP contribution in [0.25, 0.3) is 0 Å². The summed E-state index contributed by atoms with van der Waals surface area (Å²) in [5.41, 5.74) is 0. The van der Waals surface area contributed by atoms with E-state index in [2.05, 4.69) is 36.2 Å². The van der Waals surface area contributed by atoms with E-state index in [1.54, 1.807) is 12.3 Å². The normalized spacial score (nSPS) is 10.3. The number of rotatable bonds is 2. The van der Waals surface area contributed by atoms with Gasteiger partial charge in [-0.05, 0) is 22.9 Å². The molecule has 0 fully saturated rings. The van der Waals surface area contributed by atoms with Crippen LogP contribution in [0.1, 0.15) is 5.82 Å². The molecule has 7 heteroatoms. The van der Waals surface area contributed by atoms with Crippen LogP contribution in [0, 0.1) is 6.92 Å². The number of aryl methyl sites for hydroxylation is 1. The number of hydrogen-bond donors (Lipinski definition) is 1. The van der Waals surface area contributed by atoms with E-state index in [-0.39, 0.29) is 0 Å². The van der Waals surface area contributed by atoms with Crippen LogP contribution >= 0.6 is 38.9 Å². The van der Waals surface area contributed by atoms with Gasteiger partial charge in [-0.1, -0.05) is 22.9 Å². The standard InChI is InChI=1S/C8H6BrClN4S/c1-4-12-5(9)2-7(13-4)14-8-11-3-6(10)15-8/h2-3H,1H3,(H,11,12,13,14). The zero-order valence-electron chi connectivity index (χ0n) is 7.66. The number of anilines is 2. The van der Waals surface area contributed by atoms with Crippen molar-refractivity contribution >= 4 is 49.8 Å². The molecule has 0 saturated carbocycles. The van der Waals surface area contributed by atoms with Crippen LogP contribution in [0.15, 0.2) is 16.9 Å². The predicted octanol–water partition coefficient (Wildman–Crippen LogP) is 3.40. The number of halogens is 2. The Bertz CT molecular complexity index is 467. The number of nitrogens with zero attached hydrogens (tertiary/aromatic N) is 3. The molecule has 0 amide bonds. The van der Waals surface area contributed by atoms with Crippen molar-refractivity contribution in [3.63, 3.8) is 0 Å². The van der Waals surface area contributed by atoms with Gasteiger partial charge in [0, 0.05) is 6.07 Å². The summed E-state index contributed by atoms with van der Waals surface area (Å²) >= 11 is 10.4. The van der Waals surface area contributed by atoms with Crippen molar-refractivity contribution in [1.29, 1.82) is 0 Å². The van der Waals surface area contributed by atoms with Crippen LogP contribution in [-0.4, -0.2) is 15.0 Å². The average Bonchev–Trinajstić information content (AvgIpc) is 2.49. The van der Waals surface area contributed by atoms with Crippen molar-refractivity contribution in [2.24, 2.45) is 0 Å². The van der Waals surface area contributed by atoms with Gasteiger partial charge in [-0.15, -0.1) is 0 Å². The minimum absolute atomic E-state index is 0.641. The smallest absolute Gasteiger partial charge is 0.189 e. The Balaban J connectivity index is 2.24. The first-order chi connectivity index (χ1) is 7.13. The molecule has 0 aliphatic heterocycles. The second kappa shape index (κ2) is 4.42. The van der Waals surface area contributed by atoms with E-state index in [0.717, 1.165) is 4.60 Å². The van der Waals surface area contributed by atoms with Gasteiger partial charge in [0.15, 0.2) is 5.13 Å². The molecule has 2 rings (SSSR count).